The van der Waals surface area contributed by atoms with E-state index in [1.165, 1.54) is 0 Å². The average Bonchev–Trinajstić information content (AvgIpc) is 2.27. The first kappa shape index (κ1) is 6.16. The average molecular weight is 140 g/mol. The number of hydrogen-bond acceptors (Lipinski definition) is 2. The molecular weight excluding hydrogens is 128 g/mol. The van der Waals surface area contributed by atoms with Crippen LogP contribution in [0.15, 0.2) is 0 Å². The molecule has 2 rings (SSSR count). The maximum atomic E-state index is 11.1. The number of carbonyl (C=O) groups is 1. The fourth-order valence-electron chi connectivity index (χ4n) is 1.98. The Morgan fingerprint density at radius 2 is 2.20 bits per heavy atom. The van der Waals surface area contributed by atoms with Crippen LogP contribution in [-0.2, 0) is 4.79 Å². The standard InChI is InChI=1S/C7H12N2O/c1-8-4-3-5-6(8)7(10)9(5)2/h5-6H,3-4H2,1-2H3. The van der Waals surface area contributed by atoms with Gasteiger partial charge in [-0.3, -0.25) is 9.69 Å². The van der Waals surface area contributed by atoms with Gasteiger partial charge in [-0.1, -0.05) is 0 Å². The number of fused-ring (bicyclic) bond motifs is 1. The van der Waals surface area contributed by atoms with E-state index in [-0.39, 0.29) is 6.04 Å². The minimum absolute atomic E-state index is 0.227. The Hall–Kier alpha value is -0.570. The summed E-state index contributed by atoms with van der Waals surface area (Å²) < 4.78 is 0. The summed E-state index contributed by atoms with van der Waals surface area (Å²) in [6.45, 7) is 1.07. The van der Waals surface area contributed by atoms with E-state index in [0.717, 1.165) is 13.0 Å². The van der Waals surface area contributed by atoms with E-state index in [1.54, 1.807) is 0 Å². The lowest BCUT2D eigenvalue weighted by atomic mass is 9.98. The van der Waals surface area contributed by atoms with Crippen molar-refractivity contribution >= 4 is 5.91 Å². The van der Waals surface area contributed by atoms with Crippen LogP contribution in [0.2, 0.25) is 0 Å². The molecule has 0 aliphatic carbocycles. The van der Waals surface area contributed by atoms with Crippen molar-refractivity contribution in [3.63, 3.8) is 0 Å². The third kappa shape index (κ3) is 0.515. The molecule has 2 fully saturated rings. The maximum absolute atomic E-state index is 11.1. The lowest BCUT2D eigenvalue weighted by molar-refractivity contribution is -0.150. The van der Waals surface area contributed by atoms with Gasteiger partial charge in [0.15, 0.2) is 0 Å². The van der Waals surface area contributed by atoms with Gasteiger partial charge in [0.05, 0.1) is 6.04 Å². The zero-order valence-electron chi connectivity index (χ0n) is 6.37. The van der Waals surface area contributed by atoms with E-state index in [0.29, 0.717) is 11.9 Å². The highest BCUT2D eigenvalue weighted by atomic mass is 16.2. The van der Waals surface area contributed by atoms with Crippen molar-refractivity contribution in [1.82, 2.24) is 9.80 Å². The molecule has 2 saturated heterocycles. The van der Waals surface area contributed by atoms with Gasteiger partial charge < -0.3 is 4.90 Å². The Kier molecular flexibility index (Phi) is 1.06. The molecule has 3 nitrogen and oxygen atoms in total. The number of β-lactam (4-membered cyclic amide) rings is 1. The molecule has 2 unspecified atom stereocenters. The van der Waals surface area contributed by atoms with Crippen molar-refractivity contribution < 1.29 is 4.79 Å². The Balaban J connectivity index is 2.16. The molecular formula is C7H12N2O. The third-order valence-electron chi connectivity index (χ3n) is 2.72. The second-order valence-corrected chi connectivity index (χ2v) is 3.23. The van der Waals surface area contributed by atoms with Crippen molar-refractivity contribution in [3.8, 4) is 0 Å². The van der Waals surface area contributed by atoms with Crippen molar-refractivity contribution in [1.29, 1.82) is 0 Å². The zero-order valence-corrected chi connectivity index (χ0v) is 6.37. The van der Waals surface area contributed by atoms with E-state index in [2.05, 4.69) is 4.90 Å². The van der Waals surface area contributed by atoms with Gasteiger partial charge in [0.2, 0.25) is 5.91 Å². The molecule has 0 aromatic rings. The van der Waals surface area contributed by atoms with Gasteiger partial charge in [-0.05, 0) is 13.5 Å². The topological polar surface area (TPSA) is 23.6 Å². The van der Waals surface area contributed by atoms with E-state index in [4.69, 9.17) is 0 Å². The van der Waals surface area contributed by atoms with E-state index in [1.807, 2.05) is 19.0 Å². The van der Waals surface area contributed by atoms with Gasteiger partial charge in [0.25, 0.3) is 0 Å². The van der Waals surface area contributed by atoms with Gasteiger partial charge >= 0.3 is 0 Å². The Bertz CT molecular complexity index is 180. The summed E-state index contributed by atoms with van der Waals surface area (Å²) in [5.41, 5.74) is 0. The second-order valence-electron chi connectivity index (χ2n) is 3.23. The lowest BCUT2D eigenvalue weighted by Crippen LogP contribution is -2.63. The largest absolute Gasteiger partial charge is 0.339 e. The smallest absolute Gasteiger partial charge is 0.242 e. The molecule has 2 aliphatic heterocycles. The van der Waals surface area contributed by atoms with Gasteiger partial charge in [-0.15, -0.1) is 0 Å². The molecule has 0 bridgehead atoms. The minimum Gasteiger partial charge on any atom is -0.339 e. The first-order chi connectivity index (χ1) is 4.72. The predicted octanol–water partition coefficient (Wildman–Crippen LogP) is -0.469. The number of likely N-dealkylation sites (tertiary alicyclic amines) is 2. The van der Waals surface area contributed by atoms with Crippen LogP contribution in [0, 0.1) is 0 Å². The van der Waals surface area contributed by atoms with Crippen LogP contribution in [-0.4, -0.2) is 48.4 Å². The number of likely N-dealkylation sites (N-methyl/N-ethyl adjacent to an activating group) is 2. The van der Waals surface area contributed by atoms with Crippen molar-refractivity contribution in [3.05, 3.63) is 0 Å². The molecule has 0 aromatic carbocycles. The number of hydrogen-bond donors (Lipinski definition) is 0. The molecule has 56 valence electrons. The molecule has 0 N–H and O–H groups in total. The molecule has 1 amide bonds. The number of nitrogens with zero attached hydrogens (tertiary/aromatic N) is 2. The predicted molar refractivity (Wildman–Crippen MR) is 37.6 cm³/mol. The molecule has 2 aliphatic rings. The van der Waals surface area contributed by atoms with E-state index >= 15 is 0 Å². The molecule has 2 heterocycles. The Labute approximate surface area is 60.6 Å². The maximum Gasteiger partial charge on any atom is 0.242 e. The van der Waals surface area contributed by atoms with Gasteiger partial charge in [-0.25, -0.2) is 0 Å². The zero-order chi connectivity index (χ0) is 7.30. The summed E-state index contributed by atoms with van der Waals surface area (Å²) in [6.07, 6.45) is 1.16. The summed E-state index contributed by atoms with van der Waals surface area (Å²) in [5.74, 6) is 0.296. The van der Waals surface area contributed by atoms with Gasteiger partial charge in [-0.2, -0.15) is 0 Å². The normalized spacial score (nSPS) is 39.8. The third-order valence-corrected chi connectivity index (χ3v) is 2.72. The van der Waals surface area contributed by atoms with Crippen LogP contribution >= 0.6 is 0 Å². The Morgan fingerprint density at radius 1 is 1.50 bits per heavy atom. The van der Waals surface area contributed by atoms with Gasteiger partial charge in [0.1, 0.15) is 6.04 Å². The van der Waals surface area contributed by atoms with Crippen LogP contribution < -0.4 is 0 Å². The molecule has 0 saturated carbocycles. The monoisotopic (exact) mass is 140 g/mol. The first-order valence-corrected chi connectivity index (χ1v) is 3.69. The fraction of sp³-hybridized carbons (Fsp3) is 0.857. The molecule has 0 radical (unpaired) electrons. The molecule has 2 atom stereocenters. The minimum atomic E-state index is 0.227. The second kappa shape index (κ2) is 1.72. The van der Waals surface area contributed by atoms with E-state index < -0.39 is 0 Å². The number of carbonyl (C=O) groups excluding carboxylic acids is 1. The highest BCUT2D eigenvalue weighted by molar-refractivity contribution is 5.89. The van der Waals surface area contributed by atoms with Crippen LogP contribution in [0.25, 0.3) is 0 Å². The van der Waals surface area contributed by atoms with Crippen LogP contribution in [0.1, 0.15) is 6.42 Å². The van der Waals surface area contributed by atoms with Crippen molar-refractivity contribution in [2.24, 2.45) is 0 Å². The SMILES string of the molecule is CN1CCC2C1C(=O)N2C. The first-order valence-electron chi connectivity index (χ1n) is 3.69. The summed E-state index contributed by atoms with van der Waals surface area (Å²) in [5, 5.41) is 0. The summed E-state index contributed by atoms with van der Waals surface area (Å²) in [4.78, 5) is 15.1. The van der Waals surface area contributed by atoms with Gasteiger partial charge in [0, 0.05) is 13.6 Å². The van der Waals surface area contributed by atoms with Crippen LogP contribution in [0.3, 0.4) is 0 Å². The highest BCUT2D eigenvalue weighted by Gasteiger charge is 2.50. The highest BCUT2D eigenvalue weighted by Crippen LogP contribution is 2.30. The number of amides is 1. The summed E-state index contributed by atoms with van der Waals surface area (Å²) in [7, 11) is 3.91. The lowest BCUT2D eigenvalue weighted by Gasteiger charge is -2.42. The fourth-order valence-corrected chi connectivity index (χ4v) is 1.98. The van der Waals surface area contributed by atoms with Crippen LogP contribution in [0.4, 0.5) is 0 Å². The quantitative estimate of drug-likeness (QED) is 0.425. The Morgan fingerprint density at radius 3 is 2.80 bits per heavy atom. The number of rotatable bonds is 0. The molecule has 10 heavy (non-hydrogen) atoms. The molecule has 0 aromatic heterocycles. The summed E-state index contributed by atoms with van der Waals surface area (Å²) >= 11 is 0. The van der Waals surface area contributed by atoms with E-state index in [9.17, 15) is 4.79 Å². The van der Waals surface area contributed by atoms with Crippen molar-refractivity contribution in [2.75, 3.05) is 20.6 Å². The molecule has 3 heteroatoms. The molecule has 0 spiro atoms. The van der Waals surface area contributed by atoms with Crippen molar-refractivity contribution in [2.45, 2.75) is 18.5 Å². The van der Waals surface area contributed by atoms with Crippen LogP contribution in [0.5, 0.6) is 0 Å². The summed E-state index contributed by atoms with van der Waals surface area (Å²) in [6, 6.07) is 0.752.